The topological polar surface area (TPSA) is 70.3 Å². The second-order valence-corrected chi connectivity index (χ2v) is 5.07. The molecule has 20 heavy (non-hydrogen) atoms. The van der Waals surface area contributed by atoms with Crippen molar-refractivity contribution in [2.45, 2.75) is 20.5 Å². The Morgan fingerprint density at radius 1 is 1.25 bits per heavy atom. The first kappa shape index (κ1) is 14.7. The Morgan fingerprint density at radius 2 is 2.05 bits per heavy atom. The van der Waals surface area contributed by atoms with Gasteiger partial charge in [-0.2, -0.15) is 4.98 Å². The van der Waals surface area contributed by atoms with E-state index in [0.29, 0.717) is 36.5 Å². The Bertz CT molecular complexity index is 605. The zero-order valence-electron chi connectivity index (χ0n) is 11.4. The van der Waals surface area contributed by atoms with Gasteiger partial charge in [-0.1, -0.05) is 6.07 Å². The fourth-order valence-electron chi connectivity index (χ4n) is 1.60. The Kier molecular flexibility index (Phi) is 4.92. The summed E-state index contributed by atoms with van der Waals surface area (Å²) in [6.07, 6.45) is 0. The lowest BCUT2D eigenvalue weighted by Crippen LogP contribution is -2.03. The first-order valence-corrected chi connectivity index (χ1v) is 7.03. The van der Waals surface area contributed by atoms with Crippen LogP contribution in [0.3, 0.4) is 0 Å². The highest BCUT2D eigenvalue weighted by atomic mass is 79.9. The third kappa shape index (κ3) is 3.91. The lowest BCUT2D eigenvalue weighted by molar-refractivity contribution is 0.128. The van der Waals surface area contributed by atoms with E-state index in [1.807, 2.05) is 32.0 Å². The molecule has 5 nitrogen and oxygen atoms in total. The predicted molar refractivity (Wildman–Crippen MR) is 80.7 cm³/mol. The maximum absolute atomic E-state index is 5.75. The number of nitrogens with zero attached hydrogens (tertiary/aromatic N) is 2. The molecule has 2 rings (SSSR count). The summed E-state index contributed by atoms with van der Waals surface area (Å²) in [6, 6.07) is 7.40. The molecule has 2 N–H and O–H groups in total. The fraction of sp³-hybridized carbons (Fsp3) is 0.286. The van der Waals surface area contributed by atoms with Crippen molar-refractivity contribution in [1.29, 1.82) is 0 Å². The minimum absolute atomic E-state index is 0.312. The van der Waals surface area contributed by atoms with E-state index >= 15 is 0 Å². The Labute approximate surface area is 126 Å². The fourth-order valence-corrected chi connectivity index (χ4v) is 2.18. The Morgan fingerprint density at radius 3 is 2.75 bits per heavy atom. The lowest BCUT2D eigenvalue weighted by Gasteiger charge is -2.09. The molecule has 0 bridgehead atoms. The van der Waals surface area contributed by atoms with E-state index in [1.165, 1.54) is 0 Å². The highest BCUT2D eigenvalue weighted by molar-refractivity contribution is 9.10. The summed E-state index contributed by atoms with van der Waals surface area (Å²) in [5.74, 6) is 1.94. The van der Waals surface area contributed by atoms with Crippen molar-refractivity contribution in [1.82, 2.24) is 9.97 Å². The summed E-state index contributed by atoms with van der Waals surface area (Å²) in [7, 11) is 0. The lowest BCUT2D eigenvalue weighted by atomic mass is 10.2. The number of nitrogens with two attached hydrogens (primary N) is 1. The van der Waals surface area contributed by atoms with Gasteiger partial charge in [0.05, 0.1) is 4.47 Å². The molecule has 0 spiro atoms. The van der Waals surface area contributed by atoms with Crippen LogP contribution in [0.4, 0.5) is 5.82 Å². The van der Waals surface area contributed by atoms with Gasteiger partial charge in [0.15, 0.2) is 5.82 Å². The van der Waals surface area contributed by atoms with Crippen LogP contribution in [-0.2, 0) is 11.3 Å². The van der Waals surface area contributed by atoms with Crippen molar-refractivity contribution >= 4 is 21.7 Å². The first-order chi connectivity index (χ1) is 9.58. The minimum Gasteiger partial charge on any atom is -0.438 e. The van der Waals surface area contributed by atoms with E-state index < -0.39 is 0 Å². The Balaban J connectivity index is 2.21. The number of aryl methyl sites for hydroxylation is 1. The van der Waals surface area contributed by atoms with E-state index in [1.54, 1.807) is 6.07 Å². The molecule has 0 aliphatic carbocycles. The van der Waals surface area contributed by atoms with Crippen molar-refractivity contribution in [3.63, 3.8) is 0 Å². The molecular formula is C14H16BrN3O2. The normalized spacial score (nSPS) is 10.6. The minimum atomic E-state index is 0.312. The van der Waals surface area contributed by atoms with Crippen molar-refractivity contribution in [3.05, 3.63) is 40.1 Å². The number of rotatable bonds is 5. The number of aromatic nitrogens is 2. The highest BCUT2D eigenvalue weighted by Gasteiger charge is 2.07. The van der Waals surface area contributed by atoms with Crippen molar-refractivity contribution in [3.8, 4) is 11.6 Å². The van der Waals surface area contributed by atoms with Gasteiger partial charge < -0.3 is 15.2 Å². The summed E-state index contributed by atoms with van der Waals surface area (Å²) in [4.78, 5) is 8.37. The molecule has 0 unspecified atom stereocenters. The molecule has 106 valence electrons. The van der Waals surface area contributed by atoms with Crippen LogP contribution < -0.4 is 10.5 Å². The second-order valence-electron chi connectivity index (χ2n) is 4.22. The molecule has 0 saturated heterocycles. The third-order valence-electron chi connectivity index (χ3n) is 2.51. The van der Waals surface area contributed by atoms with Gasteiger partial charge in [0.25, 0.3) is 0 Å². The number of nitrogen functional groups attached to an aromatic ring is 1. The summed E-state index contributed by atoms with van der Waals surface area (Å²) in [6.45, 7) is 4.83. The number of hydrogen-bond donors (Lipinski definition) is 1. The van der Waals surface area contributed by atoms with Gasteiger partial charge in [0.1, 0.15) is 18.2 Å². The summed E-state index contributed by atoms with van der Waals surface area (Å²) < 4.78 is 11.9. The molecule has 0 fully saturated rings. The van der Waals surface area contributed by atoms with Gasteiger partial charge in [-0.15, -0.1) is 0 Å². The van der Waals surface area contributed by atoms with Gasteiger partial charge in [-0.3, -0.25) is 0 Å². The van der Waals surface area contributed by atoms with E-state index in [2.05, 4.69) is 25.9 Å². The predicted octanol–water partition coefficient (Wildman–Crippen LogP) is 3.46. The van der Waals surface area contributed by atoms with Crippen LogP contribution in [0.2, 0.25) is 0 Å². The maximum Gasteiger partial charge on any atom is 0.224 e. The monoisotopic (exact) mass is 337 g/mol. The van der Waals surface area contributed by atoms with E-state index in [4.69, 9.17) is 15.2 Å². The average Bonchev–Trinajstić information content (AvgIpc) is 2.39. The molecule has 6 heteroatoms. The van der Waals surface area contributed by atoms with Gasteiger partial charge >= 0.3 is 0 Å². The molecule has 1 aromatic heterocycles. The molecule has 2 aromatic rings. The van der Waals surface area contributed by atoms with Crippen molar-refractivity contribution in [2.24, 2.45) is 0 Å². The van der Waals surface area contributed by atoms with Gasteiger partial charge in [0, 0.05) is 12.7 Å². The largest absolute Gasteiger partial charge is 0.438 e. The standard InChI is InChI=1S/C14H16BrN3O2/c1-3-19-8-13-17-12(16)7-14(18-13)20-11-5-4-9(2)6-10(11)15/h4-7H,3,8H2,1-2H3,(H2,16,17,18). The van der Waals surface area contributed by atoms with Gasteiger partial charge in [-0.25, -0.2) is 4.98 Å². The third-order valence-corrected chi connectivity index (χ3v) is 3.13. The van der Waals surface area contributed by atoms with Crippen LogP contribution >= 0.6 is 15.9 Å². The highest BCUT2D eigenvalue weighted by Crippen LogP contribution is 2.30. The number of benzene rings is 1. The summed E-state index contributed by atoms with van der Waals surface area (Å²) in [5, 5.41) is 0. The van der Waals surface area contributed by atoms with Crippen LogP contribution in [0.15, 0.2) is 28.7 Å². The molecule has 0 saturated carbocycles. The smallest absolute Gasteiger partial charge is 0.224 e. The summed E-state index contributed by atoms with van der Waals surface area (Å²) in [5.41, 5.74) is 6.89. The van der Waals surface area contributed by atoms with Crippen molar-refractivity contribution < 1.29 is 9.47 Å². The molecule has 1 heterocycles. The SMILES string of the molecule is CCOCc1nc(N)cc(Oc2ccc(C)cc2Br)n1. The molecule has 0 atom stereocenters. The average molecular weight is 338 g/mol. The number of halogens is 1. The molecule has 0 aliphatic heterocycles. The number of ether oxygens (including phenoxy) is 2. The molecule has 1 aromatic carbocycles. The molecular weight excluding hydrogens is 322 g/mol. The van der Waals surface area contributed by atoms with Crippen LogP contribution in [0.1, 0.15) is 18.3 Å². The van der Waals surface area contributed by atoms with E-state index in [-0.39, 0.29) is 0 Å². The quantitative estimate of drug-likeness (QED) is 0.904. The van der Waals surface area contributed by atoms with Crippen LogP contribution in [0.5, 0.6) is 11.6 Å². The number of anilines is 1. The Hall–Kier alpha value is -1.66. The van der Waals surface area contributed by atoms with Gasteiger partial charge in [0.2, 0.25) is 5.88 Å². The first-order valence-electron chi connectivity index (χ1n) is 6.23. The second kappa shape index (κ2) is 6.67. The van der Waals surface area contributed by atoms with E-state index in [9.17, 15) is 0 Å². The molecule has 0 aliphatic rings. The number of hydrogen-bond acceptors (Lipinski definition) is 5. The molecule has 0 radical (unpaired) electrons. The van der Waals surface area contributed by atoms with Gasteiger partial charge in [-0.05, 0) is 47.5 Å². The zero-order chi connectivity index (χ0) is 14.5. The summed E-state index contributed by atoms with van der Waals surface area (Å²) >= 11 is 3.46. The molecule has 0 amide bonds. The van der Waals surface area contributed by atoms with E-state index in [0.717, 1.165) is 10.0 Å². The zero-order valence-corrected chi connectivity index (χ0v) is 13.0. The van der Waals surface area contributed by atoms with Crippen LogP contribution in [-0.4, -0.2) is 16.6 Å². The van der Waals surface area contributed by atoms with Crippen molar-refractivity contribution in [2.75, 3.05) is 12.3 Å². The van der Waals surface area contributed by atoms with Crippen LogP contribution in [0.25, 0.3) is 0 Å². The maximum atomic E-state index is 5.75. The van der Waals surface area contributed by atoms with Crippen LogP contribution in [0, 0.1) is 6.92 Å².